The molecule has 0 radical (unpaired) electrons. The SMILES string of the molecule is CCC1COc2c(ccc3[nH]c(=O)cc(C(F)(F)F)c23)N1CC(F)(F)F. The predicted octanol–water partition coefficient (Wildman–Crippen LogP) is 4.09. The number of fused-ring (bicyclic) bond motifs is 3. The van der Waals surface area contributed by atoms with Crippen LogP contribution >= 0.6 is 0 Å². The van der Waals surface area contributed by atoms with Crippen molar-refractivity contribution in [2.45, 2.75) is 31.7 Å². The number of aromatic nitrogens is 1. The van der Waals surface area contributed by atoms with Crippen LogP contribution < -0.4 is 15.2 Å². The molecule has 1 aliphatic rings. The van der Waals surface area contributed by atoms with Crippen molar-refractivity contribution in [2.75, 3.05) is 18.1 Å². The molecule has 0 fully saturated rings. The molecule has 1 aliphatic heterocycles. The van der Waals surface area contributed by atoms with E-state index in [4.69, 9.17) is 4.74 Å². The van der Waals surface area contributed by atoms with Crippen LogP contribution in [-0.4, -0.2) is 30.4 Å². The van der Waals surface area contributed by atoms with Crippen LogP contribution in [0.15, 0.2) is 23.0 Å². The van der Waals surface area contributed by atoms with E-state index in [0.29, 0.717) is 12.5 Å². The first-order valence-corrected chi connectivity index (χ1v) is 7.74. The zero-order valence-electron chi connectivity index (χ0n) is 13.5. The molecule has 0 bridgehead atoms. The normalized spacial score (nSPS) is 18.0. The van der Waals surface area contributed by atoms with Crippen LogP contribution in [0.25, 0.3) is 10.9 Å². The topological polar surface area (TPSA) is 45.3 Å². The van der Waals surface area contributed by atoms with Crippen LogP contribution in [0.1, 0.15) is 18.9 Å². The molecule has 3 rings (SSSR count). The number of halogens is 6. The molecule has 0 amide bonds. The van der Waals surface area contributed by atoms with Crippen LogP contribution in [0.4, 0.5) is 32.0 Å². The Hall–Kier alpha value is -2.39. The van der Waals surface area contributed by atoms with Gasteiger partial charge in [-0.2, -0.15) is 26.3 Å². The van der Waals surface area contributed by atoms with Crippen molar-refractivity contribution < 1.29 is 31.1 Å². The van der Waals surface area contributed by atoms with Crippen LogP contribution in [0.3, 0.4) is 0 Å². The molecule has 1 aromatic carbocycles. The number of aromatic amines is 1. The number of ether oxygens (including phenoxy) is 1. The second kappa shape index (κ2) is 6.10. The van der Waals surface area contributed by atoms with E-state index in [2.05, 4.69) is 4.98 Å². The summed E-state index contributed by atoms with van der Waals surface area (Å²) in [5.74, 6) is -0.306. The number of hydrogen-bond acceptors (Lipinski definition) is 3. The largest absolute Gasteiger partial charge is 0.489 e. The molecular weight excluding hydrogens is 366 g/mol. The summed E-state index contributed by atoms with van der Waals surface area (Å²) in [6, 6.07) is 2.15. The second-order valence-electron chi connectivity index (χ2n) is 6.00. The van der Waals surface area contributed by atoms with Gasteiger partial charge in [-0.3, -0.25) is 4.79 Å². The maximum absolute atomic E-state index is 13.4. The lowest BCUT2D eigenvalue weighted by Crippen LogP contribution is -2.47. The first-order chi connectivity index (χ1) is 12.0. The Morgan fingerprint density at radius 2 is 1.92 bits per heavy atom. The highest BCUT2D eigenvalue weighted by molar-refractivity contribution is 5.94. The lowest BCUT2D eigenvalue weighted by molar-refractivity contribution is -0.136. The van der Waals surface area contributed by atoms with Gasteiger partial charge in [-0.15, -0.1) is 0 Å². The van der Waals surface area contributed by atoms with Crippen molar-refractivity contribution in [1.82, 2.24) is 4.98 Å². The van der Waals surface area contributed by atoms with Gasteiger partial charge in [0.15, 0.2) is 5.75 Å². The average Bonchev–Trinajstić information content (AvgIpc) is 2.51. The summed E-state index contributed by atoms with van der Waals surface area (Å²) in [6.45, 7) is 0.176. The molecule has 1 unspecified atom stereocenters. The fourth-order valence-corrected chi connectivity index (χ4v) is 3.12. The quantitative estimate of drug-likeness (QED) is 0.799. The van der Waals surface area contributed by atoms with E-state index in [9.17, 15) is 31.1 Å². The fourth-order valence-electron chi connectivity index (χ4n) is 3.12. The Labute approximate surface area is 143 Å². The van der Waals surface area contributed by atoms with E-state index in [1.165, 1.54) is 6.07 Å². The van der Waals surface area contributed by atoms with E-state index in [1.807, 2.05) is 0 Å². The van der Waals surface area contributed by atoms with Gasteiger partial charge >= 0.3 is 12.4 Å². The molecule has 4 nitrogen and oxygen atoms in total. The van der Waals surface area contributed by atoms with Gasteiger partial charge in [0.2, 0.25) is 5.56 Å². The smallest absolute Gasteiger partial charge is 0.417 e. The summed E-state index contributed by atoms with van der Waals surface area (Å²) >= 11 is 0. The van der Waals surface area contributed by atoms with E-state index in [0.717, 1.165) is 11.0 Å². The molecule has 0 aliphatic carbocycles. The molecule has 0 saturated heterocycles. The molecule has 10 heteroatoms. The van der Waals surface area contributed by atoms with E-state index < -0.39 is 41.4 Å². The van der Waals surface area contributed by atoms with Crippen molar-refractivity contribution in [1.29, 1.82) is 0 Å². The number of nitrogens with one attached hydrogen (secondary N) is 1. The zero-order chi connectivity index (χ0) is 19.3. The third-order valence-electron chi connectivity index (χ3n) is 4.24. The van der Waals surface area contributed by atoms with Crippen molar-refractivity contribution in [3.8, 4) is 5.75 Å². The van der Waals surface area contributed by atoms with Crippen molar-refractivity contribution in [3.63, 3.8) is 0 Å². The first-order valence-electron chi connectivity index (χ1n) is 7.74. The number of benzene rings is 1. The molecular formula is C16H14F6N2O2. The predicted molar refractivity (Wildman–Crippen MR) is 82.5 cm³/mol. The van der Waals surface area contributed by atoms with Gasteiger partial charge in [0, 0.05) is 6.07 Å². The molecule has 1 atom stereocenters. The average molecular weight is 380 g/mol. The summed E-state index contributed by atoms with van der Waals surface area (Å²) in [7, 11) is 0. The number of rotatable bonds is 2. The molecule has 0 saturated carbocycles. The molecule has 2 aromatic rings. The highest BCUT2D eigenvalue weighted by Gasteiger charge is 2.40. The molecule has 1 N–H and O–H groups in total. The van der Waals surface area contributed by atoms with Crippen LogP contribution in [0.5, 0.6) is 5.75 Å². The minimum atomic E-state index is -4.86. The molecule has 142 valence electrons. The van der Waals surface area contributed by atoms with Crippen LogP contribution in [-0.2, 0) is 6.18 Å². The third-order valence-corrected chi connectivity index (χ3v) is 4.24. The second-order valence-corrected chi connectivity index (χ2v) is 6.00. The Balaban J connectivity index is 2.28. The van der Waals surface area contributed by atoms with Crippen molar-refractivity contribution in [2.24, 2.45) is 0 Å². The minimum absolute atomic E-state index is 0.0783. The lowest BCUT2D eigenvalue weighted by atomic mass is 10.0. The summed E-state index contributed by atoms with van der Waals surface area (Å²) in [6.07, 6.45) is -9.07. The number of alkyl halides is 6. The monoisotopic (exact) mass is 380 g/mol. The zero-order valence-corrected chi connectivity index (χ0v) is 13.5. The number of anilines is 1. The van der Waals surface area contributed by atoms with Crippen LogP contribution in [0.2, 0.25) is 0 Å². The number of nitrogens with zero attached hydrogens (tertiary/aromatic N) is 1. The molecule has 0 spiro atoms. The Morgan fingerprint density at radius 3 is 2.50 bits per heavy atom. The maximum Gasteiger partial charge on any atom is 0.417 e. The molecule has 1 aromatic heterocycles. The van der Waals surface area contributed by atoms with Gasteiger partial charge in [-0.25, -0.2) is 0 Å². The summed E-state index contributed by atoms with van der Waals surface area (Å²) in [5.41, 5.74) is -2.43. The fraction of sp³-hybridized carbons (Fsp3) is 0.438. The first kappa shape index (κ1) is 18.4. The van der Waals surface area contributed by atoms with Gasteiger partial charge in [0.05, 0.1) is 28.2 Å². The van der Waals surface area contributed by atoms with Gasteiger partial charge in [-0.1, -0.05) is 6.92 Å². The van der Waals surface area contributed by atoms with E-state index in [1.54, 1.807) is 6.92 Å². The highest BCUT2D eigenvalue weighted by atomic mass is 19.4. The number of hydrogen-bond donors (Lipinski definition) is 1. The molecule has 26 heavy (non-hydrogen) atoms. The Bertz CT molecular complexity index is 887. The van der Waals surface area contributed by atoms with Gasteiger partial charge in [0.25, 0.3) is 0 Å². The molecule has 2 heterocycles. The van der Waals surface area contributed by atoms with Crippen molar-refractivity contribution in [3.05, 3.63) is 34.1 Å². The van der Waals surface area contributed by atoms with Gasteiger partial charge in [0.1, 0.15) is 13.2 Å². The maximum atomic E-state index is 13.4. The Kier molecular flexibility index (Phi) is 4.32. The van der Waals surface area contributed by atoms with Crippen LogP contribution in [0, 0.1) is 0 Å². The van der Waals surface area contributed by atoms with E-state index >= 15 is 0 Å². The van der Waals surface area contributed by atoms with Crippen molar-refractivity contribution >= 4 is 16.6 Å². The number of H-pyrrole nitrogens is 1. The summed E-state index contributed by atoms with van der Waals surface area (Å²) in [5, 5.41) is -0.448. The minimum Gasteiger partial charge on any atom is -0.489 e. The van der Waals surface area contributed by atoms with Gasteiger partial charge < -0.3 is 14.6 Å². The number of pyridine rings is 1. The highest BCUT2D eigenvalue weighted by Crippen LogP contribution is 2.45. The Morgan fingerprint density at radius 1 is 1.23 bits per heavy atom. The standard InChI is InChI=1S/C16H14F6N2O2/c1-2-8-6-26-14-11(24(8)7-15(17,18)19)4-3-10-13(14)9(16(20,21)22)5-12(25)23-10/h3-5,8H,2,6-7H2,1H3,(H,23,25). The van der Waals surface area contributed by atoms with E-state index in [-0.39, 0.29) is 23.6 Å². The third kappa shape index (κ3) is 3.32. The van der Waals surface area contributed by atoms with Gasteiger partial charge in [-0.05, 0) is 18.6 Å². The lowest BCUT2D eigenvalue weighted by Gasteiger charge is -2.39. The summed E-state index contributed by atoms with van der Waals surface area (Å²) in [4.78, 5) is 14.8. The summed E-state index contributed by atoms with van der Waals surface area (Å²) < 4.78 is 84.5.